The number of nitrogens with zero attached hydrogens (tertiary/aromatic N) is 4. The Morgan fingerprint density at radius 1 is 1.19 bits per heavy atom. The largest absolute Gasteiger partial charge is 0.358 e. The highest BCUT2D eigenvalue weighted by Gasteiger charge is 2.41. The maximum atomic E-state index is 12.7. The van der Waals surface area contributed by atoms with E-state index in [0.717, 1.165) is 29.5 Å². The third-order valence-electron chi connectivity index (χ3n) is 6.65. The number of anilines is 1. The molecule has 1 saturated heterocycles. The first-order valence-electron chi connectivity index (χ1n) is 11.0. The molecule has 31 heavy (non-hydrogen) atoms. The lowest BCUT2D eigenvalue weighted by molar-refractivity contribution is -0.135. The molecule has 2 fully saturated rings. The van der Waals surface area contributed by atoms with Crippen LogP contribution in [0.15, 0.2) is 40.9 Å². The molecule has 3 aliphatic rings. The maximum absolute atomic E-state index is 12.7. The van der Waals surface area contributed by atoms with Gasteiger partial charge in [0.15, 0.2) is 0 Å². The van der Waals surface area contributed by atoms with Crippen molar-refractivity contribution in [2.45, 2.75) is 44.9 Å². The van der Waals surface area contributed by atoms with Crippen LogP contribution in [0, 0.1) is 5.41 Å². The molecule has 8 heteroatoms. The molecule has 1 saturated carbocycles. The molecule has 162 valence electrons. The summed E-state index contributed by atoms with van der Waals surface area (Å²) < 4.78 is 0. The van der Waals surface area contributed by atoms with Crippen LogP contribution >= 0.6 is 11.3 Å². The van der Waals surface area contributed by atoms with E-state index in [0.29, 0.717) is 23.9 Å². The maximum Gasteiger partial charge on any atom is 0.246 e. The summed E-state index contributed by atoms with van der Waals surface area (Å²) in [6.07, 6.45) is 9.28. The van der Waals surface area contributed by atoms with Gasteiger partial charge >= 0.3 is 0 Å². The zero-order valence-corrected chi connectivity index (χ0v) is 18.4. The van der Waals surface area contributed by atoms with Crippen molar-refractivity contribution >= 4 is 34.7 Å². The second-order valence-electron chi connectivity index (χ2n) is 8.81. The Labute approximate surface area is 186 Å². The van der Waals surface area contributed by atoms with Crippen LogP contribution in [-0.4, -0.2) is 52.2 Å². The molecule has 5 rings (SSSR count). The quantitative estimate of drug-likeness (QED) is 0.786. The van der Waals surface area contributed by atoms with Crippen molar-refractivity contribution in [2.75, 3.05) is 25.0 Å². The molecule has 0 bridgehead atoms. The molecule has 1 aromatic carbocycles. The Bertz CT molecular complexity index is 999. The molecule has 1 N–H and O–H groups in total. The number of nitrogens with one attached hydrogen (secondary N) is 1. The van der Waals surface area contributed by atoms with Gasteiger partial charge in [-0.3, -0.25) is 9.59 Å². The highest BCUT2D eigenvalue weighted by molar-refractivity contribution is 7.13. The molecule has 7 nitrogen and oxygen atoms in total. The fourth-order valence-electron chi connectivity index (χ4n) is 4.88. The van der Waals surface area contributed by atoms with Gasteiger partial charge in [0.25, 0.3) is 0 Å². The molecule has 0 atom stereocenters. The van der Waals surface area contributed by atoms with Gasteiger partial charge in [0.05, 0.1) is 0 Å². The SMILES string of the molecule is O=C(CN1N=C(N2CCCC3(CCC3)C2)CCC1=O)Nc1cccc(-c2nccs2)c1. The molecular weight excluding hydrogens is 410 g/mol. The van der Waals surface area contributed by atoms with Gasteiger partial charge in [0, 0.05) is 48.8 Å². The number of amides is 2. The summed E-state index contributed by atoms with van der Waals surface area (Å²) in [7, 11) is 0. The average Bonchev–Trinajstić information content (AvgIpc) is 3.29. The normalized spacial score (nSPS) is 20.4. The minimum atomic E-state index is -0.247. The first-order valence-corrected chi connectivity index (χ1v) is 11.9. The highest BCUT2D eigenvalue weighted by atomic mass is 32.1. The van der Waals surface area contributed by atoms with Crippen molar-refractivity contribution in [3.63, 3.8) is 0 Å². The van der Waals surface area contributed by atoms with Gasteiger partial charge in [-0.25, -0.2) is 9.99 Å². The number of thiazole rings is 1. The minimum Gasteiger partial charge on any atom is -0.358 e. The van der Waals surface area contributed by atoms with Gasteiger partial charge in [-0.05, 0) is 43.2 Å². The smallest absolute Gasteiger partial charge is 0.246 e. The number of benzene rings is 1. The number of hydrogen-bond donors (Lipinski definition) is 1. The van der Waals surface area contributed by atoms with E-state index < -0.39 is 0 Å². The van der Waals surface area contributed by atoms with Crippen molar-refractivity contribution in [3.8, 4) is 10.6 Å². The van der Waals surface area contributed by atoms with Crippen LogP contribution in [-0.2, 0) is 9.59 Å². The number of piperidine rings is 1. The zero-order valence-electron chi connectivity index (χ0n) is 17.5. The van der Waals surface area contributed by atoms with E-state index in [1.807, 2.05) is 29.6 Å². The lowest BCUT2D eigenvalue weighted by atomic mass is 9.64. The monoisotopic (exact) mass is 437 g/mol. The molecule has 3 heterocycles. The third kappa shape index (κ3) is 4.35. The van der Waals surface area contributed by atoms with Crippen LogP contribution in [0.5, 0.6) is 0 Å². The van der Waals surface area contributed by atoms with Crippen molar-refractivity contribution in [2.24, 2.45) is 10.5 Å². The molecule has 1 spiro atoms. The Kier molecular flexibility index (Phi) is 5.48. The summed E-state index contributed by atoms with van der Waals surface area (Å²) in [6, 6.07) is 7.59. The molecule has 1 aromatic heterocycles. The summed E-state index contributed by atoms with van der Waals surface area (Å²) in [6.45, 7) is 1.98. The molecule has 0 radical (unpaired) electrons. The highest BCUT2D eigenvalue weighted by Crippen LogP contribution is 2.47. The zero-order chi connectivity index (χ0) is 21.3. The summed E-state index contributed by atoms with van der Waals surface area (Å²) in [4.78, 5) is 31.8. The number of hydrazone groups is 1. The number of hydrogen-bond acceptors (Lipinski definition) is 6. The van der Waals surface area contributed by atoms with Crippen LogP contribution in [0.25, 0.3) is 10.6 Å². The van der Waals surface area contributed by atoms with Gasteiger partial charge in [-0.15, -0.1) is 11.3 Å². The van der Waals surface area contributed by atoms with Crippen molar-refractivity contribution in [3.05, 3.63) is 35.8 Å². The van der Waals surface area contributed by atoms with E-state index in [9.17, 15) is 9.59 Å². The Morgan fingerprint density at radius 2 is 2.06 bits per heavy atom. The fourth-order valence-corrected chi connectivity index (χ4v) is 5.52. The summed E-state index contributed by atoms with van der Waals surface area (Å²) in [5.74, 6) is 0.624. The second-order valence-corrected chi connectivity index (χ2v) is 9.71. The predicted octanol–water partition coefficient (Wildman–Crippen LogP) is 3.95. The molecular formula is C23H27N5O2S. The summed E-state index contributed by atoms with van der Waals surface area (Å²) >= 11 is 1.55. The van der Waals surface area contributed by atoms with E-state index >= 15 is 0 Å². The lowest BCUT2D eigenvalue weighted by Gasteiger charge is -2.50. The van der Waals surface area contributed by atoms with Gasteiger partial charge in [-0.1, -0.05) is 18.6 Å². The van der Waals surface area contributed by atoms with E-state index in [2.05, 4.69) is 20.3 Å². The number of rotatable bonds is 4. The van der Waals surface area contributed by atoms with Crippen LogP contribution in [0.1, 0.15) is 44.9 Å². The van der Waals surface area contributed by atoms with E-state index in [4.69, 9.17) is 0 Å². The Hall–Kier alpha value is -2.74. The molecule has 0 unspecified atom stereocenters. The number of carbonyl (C=O) groups is 2. The van der Waals surface area contributed by atoms with Gasteiger partial charge < -0.3 is 10.2 Å². The number of likely N-dealkylation sites (tertiary alicyclic amines) is 1. The lowest BCUT2D eigenvalue weighted by Crippen LogP contribution is -2.51. The molecule has 2 aromatic rings. The Balaban J connectivity index is 1.24. The fraction of sp³-hybridized carbons (Fsp3) is 0.478. The molecule has 2 aliphatic heterocycles. The predicted molar refractivity (Wildman–Crippen MR) is 122 cm³/mol. The van der Waals surface area contributed by atoms with E-state index in [1.54, 1.807) is 17.5 Å². The number of aromatic nitrogens is 1. The van der Waals surface area contributed by atoms with Crippen molar-refractivity contribution in [1.82, 2.24) is 14.9 Å². The van der Waals surface area contributed by atoms with Crippen LogP contribution < -0.4 is 5.32 Å². The van der Waals surface area contributed by atoms with Gasteiger partial charge in [0.1, 0.15) is 17.4 Å². The van der Waals surface area contributed by atoms with E-state index in [1.165, 1.54) is 37.1 Å². The van der Waals surface area contributed by atoms with Crippen LogP contribution in [0.2, 0.25) is 0 Å². The average molecular weight is 438 g/mol. The minimum absolute atomic E-state index is 0.0667. The van der Waals surface area contributed by atoms with Crippen LogP contribution in [0.4, 0.5) is 5.69 Å². The Morgan fingerprint density at radius 3 is 2.84 bits per heavy atom. The van der Waals surface area contributed by atoms with E-state index in [-0.39, 0.29) is 18.4 Å². The molecule has 2 amide bonds. The number of carbonyl (C=O) groups excluding carboxylic acids is 2. The molecule has 1 aliphatic carbocycles. The van der Waals surface area contributed by atoms with Crippen molar-refractivity contribution < 1.29 is 9.59 Å². The standard InChI is InChI=1S/C23H27N5O2S/c29-20(25-18-5-1-4-17(14-18)22-24-11-13-31-22)15-28-21(30)7-6-19(26-28)27-12-3-10-23(16-27)8-2-9-23/h1,4-5,11,13-14H,2-3,6-10,12,15-16H2,(H,25,29). The summed E-state index contributed by atoms with van der Waals surface area (Å²) in [5, 5.41) is 11.7. The first-order chi connectivity index (χ1) is 15.1. The first kappa shape index (κ1) is 20.2. The van der Waals surface area contributed by atoms with Gasteiger partial charge in [-0.2, -0.15) is 5.10 Å². The van der Waals surface area contributed by atoms with Gasteiger partial charge in [0.2, 0.25) is 11.8 Å². The second kappa shape index (κ2) is 8.42. The number of amidine groups is 1. The van der Waals surface area contributed by atoms with Crippen LogP contribution in [0.3, 0.4) is 0 Å². The third-order valence-corrected chi connectivity index (χ3v) is 7.47. The topological polar surface area (TPSA) is 77.9 Å². The summed E-state index contributed by atoms with van der Waals surface area (Å²) in [5.41, 5.74) is 2.11. The van der Waals surface area contributed by atoms with Crippen molar-refractivity contribution in [1.29, 1.82) is 0 Å².